The number of benzene rings is 2. The molecule has 8 heteroatoms. The Bertz CT molecular complexity index is 1020. The van der Waals surface area contributed by atoms with Gasteiger partial charge in [-0.3, -0.25) is 4.79 Å². The molecule has 2 amide bonds. The van der Waals surface area contributed by atoms with Gasteiger partial charge in [0.1, 0.15) is 18.2 Å². The van der Waals surface area contributed by atoms with Crippen LogP contribution in [0.3, 0.4) is 0 Å². The molecule has 0 saturated heterocycles. The van der Waals surface area contributed by atoms with Crippen LogP contribution in [0.5, 0.6) is 0 Å². The molecule has 1 saturated carbocycles. The maximum atomic E-state index is 12.9. The number of methoxy groups -OCH3 is 1. The van der Waals surface area contributed by atoms with Gasteiger partial charge in [0, 0.05) is 13.0 Å². The van der Waals surface area contributed by atoms with E-state index < -0.39 is 35.7 Å². The Morgan fingerprint density at radius 3 is 2.12 bits per heavy atom. The maximum Gasteiger partial charge on any atom is 0.407 e. The fourth-order valence-corrected chi connectivity index (χ4v) is 4.54. The van der Waals surface area contributed by atoms with E-state index in [4.69, 9.17) is 9.47 Å². The van der Waals surface area contributed by atoms with Gasteiger partial charge in [0.25, 0.3) is 0 Å². The van der Waals surface area contributed by atoms with Gasteiger partial charge in [0.05, 0.1) is 6.10 Å². The number of carbonyl (C=O) groups is 3. The van der Waals surface area contributed by atoms with Gasteiger partial charge in [-0.05, 0) is 48.4 Å². The Labute approximate surface area is 192 Å². The first-order valence-corrected chi connectivity index (χ1v) is 11.1. The third-order valence-corrected chi connectivity index (χ3v) is 6.72. The first kappa shape index (κ1) is 22.8. The second-order valence-electron chi connectivity index (χ2n) is 8.62. The molecule has 2 aliphatic rings. The lowest BCUT2D eigenvalue weighted by molar-refractivity contribution is -0.152. The van der Waals surface area contributed by atoms with Crippen LogP contribution in [0.15, 0.2) is 48.5 Å². The normalized spacial score (nSPS) is 17.6. The van der Waals surface area contributed by atoms with Crippen molar-refractivity contribution < 1.29 is 29.0 Å². The summed E-state index contributed by atoms with van der Waals surface area (Å²) in [5, 5.41) is 14.6. The van der Waals surface area contributed by atoms with Crippen molar-refractivity contribution >= 4 is 18.0 Å². The summed E-state index contributed by atoms with van der Waals surface area (Å²) in [4.78, 5) is 37.1. The molecule has 0 spiro atoms. The van der Waals surface area contributed by atoms with Gasteiger partial charge < -0.3 is 25.2 Å². The van der Waals surface area contributed by atoms with Crippen LogP contribution in [0.2, 0.25) is 0 Å². The number of hydrogen-bond acceptors (Lipinski definition) is 5. The molecule has 0 aromatic heterocycles. The van der Waals surface area contributed by atoms with Crippen LogP contribution >= 0.6 is 0 Å². The Morgan fingerprint density at radius 1 is 1.06 bits per heavy atom. The van der Waals surface area contributed by atoms with Crippen molar-refractivity contribution in [3.63, 3.8) is 0 Å². The van der Waals surface area contributed by atoms with Crippen molar-refractivity contribution in [3.8, 4) is 11.1 Å². The molecule has 3 N–H and O–H groups in total. The highest BCUT2D eigenvalue weighted by Gasteiger charge is 2.47. The van der Waals surface area contributed by atoms with E-state index >= 15 is 0 Å². The molecule has 33 heavy (non-hydrogen) atoms. The number of aliphatic carboxylic acids is 1. The van der Waals surface area contributed by atoms with Crippen molar-refractivity contribution in [1.82, 2.24) is 10.6 Å². The van der Waals surface area contributed by atoms with Crippen molar-refractivity contribution in [2.45, 2.75) is 49.8 Å². The summed E-state index contributed by atoms with van der Waals surface area (Å²) in [5.41, 5.74) is 3.11. The van der Waals surface area contributed by atoms with E-state index in [2.05, 4.69) is 10.6 Å². The second-order valence-corrected chi connectivity index (χ2v) is 8.62. The average molecular weight is 453 g/mol. The van der Waals surface area contributed by atoms with Crippen LogP contribution < -0.4 is 10.6 Å². The lowest BCUT2D eigenvalue weighted by Gasteiger charge is -2.39. The number of ether oxygens (including phenoxy) is 2. The minimum Gasteiger partial charge on any atom is -0.480 e. The maximum absolute atomic E-state index is 12.9. The monoisotopic (exact) mass is 452 g/mol. The summed E-state index contributed by atoms with van der Waals surface area (Å²) in [5.74, 6) is -1.80. The molecule has 2 aromatic carbocycles. The van der Waals surface area contributed by atoms with Crippen LogP contribution in [0.25, 0.3) is 11.1 Å². The van der Waals surface area contributed by atoms with Crippen molar-refractivity contribution in [1.29, 1.82) is 0 Å². The van der Waals surface area contributed by atoms with Crippen LogP contribution in [-0.4, -0.2) is 54.5 Å². The molecule has 0 aliphatic heterocycles. The zero-order valence-electron chi connectivity index (χ0n) is 18.7. The summed E-state index contributed by atoms with van der Waals surface area (Å²) >= 11 is 0. The zero-order chi connectivity index (χ0) is 23.6. The Morgan fingerprint density at radius 2 is 1.64 bits per heavy atom. The van der Waals surface area contributed by atoms with E-state index in [0.29, 0.717) is 12.8 Å². The molecule has 0 heterocycles. The Balaban J connectivity index is 1.43. The number of rotatable bonds is 8. The SMILES string of the molecule is CO[C@H](C)[C@H](NC(=O)OCC1c2ccccc2-c2ccccc21)C(=O)NC1(C(=O)O)CCC1. The standard InChI is InChI=1S/C25H28N2O6/c1-15(32-2)21(22(28)27-25(23(29)30)12-7-13-25)26-24(31)33-14-20-18-10-5-3-8-16(18)17-9-4-6-11-19(17)20/h3-6,8-11,15,20-21H,7,12-14H2,1-2H3,(H,26,31)(H,27,28)(H,29,30)/t15-,21+/m1/s1. The highest BCUT2D eigenvalue weighted by atomic mass is 16.5. The fraction of sp³-hybridized carbons (Fsp3) is 0.400. The van der Waals surface area contributed by atoms with Crippen LogP contribution in [0.1, 0.15) is 43.2 Å². The number of alkyl carbamates (subject to hydrolysis) is 1. The molecule has 8 nitrogen and oxygen atoms in total. The van der Waals surface area contributed by atoms with Gasteiger partial charge in [-0.1, -0.05) is 48.5 Å². The van der Waals surface area contributed by atoms with Crippen LogP contribution in [0, 0.1) is 0 Å². The predicted octanol–water partition coefficient (Wildman–Crippen LogP) is 3.05. The van der Waals surface area contributed by atoms with Gasteiger partial charge >= 0.3 is 12.1 Å². The van der Waals surface area contributed by atoms with Gasteiger partial charge in [-0.2, -0.15) is 0 Å². The number of hydrogen-bond donors (Lipinski definition) is 3. The topological polar surface area (TPSA) is 114 Å². The van der Waals surface area contributed by atoms with Gasteiger partial charge in [0.15, 0.2) is 0 Å². The highest BCUT2D eigenvalue weighted by molar-refractivity contribution is 5.92. The Kier molecular flexibility index (Phi) is 6.37. The van der Waals surface area contributed by atoms with E-state index in [9.17, 15) is 19.5 Å². The summed E-state index contributed by atoms with van der Waals surface area (Å²) in [6.45, 7) is 1.73. The van der Waals surface area contributed by atoms with Crippen molar-refractivity contribution in [2.24, 2.45) is 0 Å². The molecule has 0 radical (unpaired) electrons. The lowest BCUT2D eigenvalue weighted by Crippen LogP contribution is -2.64. The number of carboxylic acids is 1. The van der Waals surface area contributed by atoms with E-state index in [0.717, 1.165) is 28.7 Å². The fourth-order valence-electron chi connectivity index (χ4n) is 4.54. The van der Waals surface area contributed by atoms with Crippen molar-refractivity contribution in [2.75, 3.05) is 13.7 Å². The minimum absolute atomic E-state index is 0.106. The highest BCUT2D eigenvalue weighted by Crippen LogP contribution is 2.44. The Hall–Kier alpha value is -3.39. The zero-order valence-corrected chi connectivity index (χ0v) is 18.7. The molecular weight excluding hydrogens is 424 g/mol. The molecule has 2 aromatic rings. The molecule has 2 atom stereocenters. The first-order chi connectivity index (χ1) is 15.9. The summed E-state index contributed by atoms with van der Waals surface area (Å²) in [6, 6.07) is 14.9. The minimum atomic E-state index is -1.29. The number of nitrogens with one attached hydrogen (secondary N) is 2. The first-order valence-electron chi connectivity index (χ1n) is 11.1. The molecular formula is C25H28N2O6. The third-order valence-electron chi connectivity index (χ3n) is 6.72. The smallest absolute Gasteiger partial charge is 0.407 e. The molecule has 0 unspecified atom stereocenters. The largest absolute Gasteiger partial charge is 0.480 e. The molecule has 1 fully saturated rings. The number of carboxylic acid groups (broad SMARTS) is 1. The van der Waals surface area contributed by atoms with Gasteiger partial charge in [-0.15, -0.1) is 0 Å². The summed E-state index contributed by atoms with van der Waals surface area (Å²) < 4.78 is 10.8. The van der Waals surface area contributed by atoms with Crippen LogP contribution in [0.4, 0.5) is 4.79 Å². The number of amides is 2. The molecule has 2 aliphatic carbocycles. The average Bonchev–Trinajstić information content (AvgIpc) is 3.11. The van der Waals surface area contributed by atoms with Gasteiger partial charge in [-0.25, -0.2) is 9.59 Å². The van der Waals surface area contributed by atoms with E-state index in [-0.39, 0.29) is 12.5 Å². The van der Waals surface area contributed by atoms with Crippen LogP contribution in [-0.2, 0) is 19.1 Å². The van der Waals surface area contributed by atoms with E-state index in [1.807, 2.05) is 48.5 Å². The molecule has 4 rings (SSSR count). The lowest BCUT2D eigenvalue weighted by atomic mass is 9.76. The van der Waals surface area contributed by atoms with Crippen molar-refractivity contribution in [3.05, 3.63) is 59.7 Å². The van der Waals surface area contributed by atoms with E-state index in [1.165, 1.54) is 7.11 Å². The quantitative estimate of drug-likeness (QED) is 0.567. The second kappa shape index (κ2) is 9.23. The summed E-state index contributed by atoms with van der Waals surface area (Å²) in [6.07, 6.45) is -0.0211. The molecule has 0 bridgehead atoms. The van der Waals surface area contributed by atoms with E-state index in [1.54, 1.807) is 6.92 Å². The predicted molar refractivity (Wildman–Crippen MR) is 121 cm³/mol. The summed E-state index contributed by atoms with van der Waals surface area (Å²) in [7, 11) is 1.42. The molecule has 174 valence electrons. The number of carbonyl (C=O) groups excluding carboxylic acids is 2. The van der Waals surface area contributed by atoms with Gasteiger partial charge in [0.2, 0.25) is 5.91 Å². The third kappa shape index (κ3) is 4.30. The number of fused-ring (bicyclic) bond motifs is 3.